The van der Waals surface area contributed by atoms with Crippen molar-refractivity contribution in [3.63, 3.8) is 0 Å². The fourth-order valence-corrected chi connectivity index (χ4v) is 4.60. The van der Waals surface area contributed by atoms with Gasteiger partial charge in [-0.05, 0) is 43.9 Å². The second-order valence-corrected chi connectivity index (χ2v) is 10.6. The number of ether oxygens (including phenoxy) is 1. The maximum Gasteiger partial charge on any atom is 0.407 e. The zero-order chi connectivity index (χ0) is 28.6. The van der Waals surface area contributed by atoms with Gasteiger partial charge >= 0.3 is 6.09 Å². The molecule has 0 saturated carbocycles. The Morgan fingerprint density at radius 2 is 1.32 bits per heavy atom. The van der Waals surface area contributed by atoms with Crippen LogP contribution in [0, 0.1) is 0 Å². The van der Waals surface area contributed by atoms with Gasteiger partial charge in [0.15, 0.2) is 0 Å². The molecule has 2 amide bonds. The van der Waals surface area contributed by atoms with E-state index in [1.54, 1.807) is 10.9 Å². The zero-order valence-corrected chi connectivity index (χ0v) is 23.5. The minimum atomic E-state index is -0.769. The standard InChI is InChI=1S/C32H37N5O3/c1-31(2,3)40-30(39)33-22-14-21-28(38)35-27-23-34-37(4)29(27)36-32(24-15-8-5-9-16-24,25-17-10-6-11-18-25)26-19-12-7-13-20-26/h5-13,15-20,23,36H,14,21-22H2,1-4H3,(H,33,39)(H,35,38). The number of amides is 2. The molecular weight excluding hydrogens is 502 g/mol. The van der Waals surface area contributed by atoms with Gasteiger partial charge in [-0.15, -0.1) is 0 Å². The van der Waals surface area contributed by atoms with Crippen LogP contribution in [0.25, 0.3) is 0 Å². The van der Waals surface area contributed by atoms with E-state index in [9.17, 15) is 9.59 Å². The number of nitrogens with zero attached hydrogens (tertiary/aromatic N) is 2. The Kier molecular flexibility index (Phi) is 8.89. The predicted octanol–water partition coefficient (Wildman–Crippen LogP) is 6.07. The molecule has 0 atom stereocenters. The number of hydrogen-bond donors (Lipinski definition) is 3. The van der Waals surface area contributed by atoms with Gasteiger partial charge < -0.3 is 20.7 Å². The predicted molar refractivity (Wildman–Crippen MR) is 158 cm³/mol. The minimum Gasteiger partial charge on any atom is -0.444 e. The van der Waals surface area contributed by atoms with Crippen LogP contribution in [0.4, 0.5) is 16.3 Å². The third-order valence-electron chi connectivity index (χ3n) is 6.39. The Morgan fingerprint density at radius 3 is 1.80 bits per heavy atom. The van der Waals surface area contributed by atoms with Gasteiger partial charge in [-0.25, -0.2) is 4.79 Å². The van der Waals surface area contributed by atoms with Crippen molar-refractivity contribution in [3.8, 4) is 0 Å². The van der Waals surface area contributed by atoms with E-state index in [-0.39, 0.29) is 12.3 Å². The Bertz CT molecular complexity index is 1300. The Labute approximate surface area is 235 Å². The van der Waals surface area contributed by atoms with Crippen molar-refractivity contribution in [2.24, 2.45) is 7.05 Å². The molecule has 208 valence electrons. The summed E-state index contributed by atoms with van der Waals surface area (Å²) in [5, 5.41) is 13.9. The van der Waals surface area contributed by atoms with Crippen molar-refractivity contribution in [1.29, 1.82) is 0 Å². The molecule has 0 aliphatic carbocycles. The van der Waals surface area contributed by atoms with Crippen LogP contribution in [0.15, 0.2) is 97.2 Å². The van der Waals surface area contributed by atoms with Crippen molar-refractivity contribution >= 4 is 23.5 Å². The molecule has 0 saturated heterocycles. The molecule has 4 aromatic rings. The summed E-state index contributed by atoms with van der Waals surface area (Å²) in [4.78, 5) is 24.8. The van der Waals surface area contributed by atoms with Gasteiger partial charge in [0.1, 0.15) is 22.6 Å². The highest BCUT2D eigenvalue weighted by Crippen LogP contribution is 2.41. The highest BCUT2D eigenvalue weighted by atomic mass is 16.6. The zero-order valence-electron chi connectivity index (χ0n) is 23.5. The van der Waals surface area contributed by atoms with Crippen molar-refractivity contribution in [2.75, 3.05) is 17.2 Å². The van der Waals surface area contributed by atoms with Gasteiger partial charge in [-0.3, -0.25) is 9.48 Å². The monoisotopic (exact) mass is 539 g/mol. The van der Waals surface area contributed by atoms with E-state index in [2.05, 4.69) is 57.4 Å². The van der Waals surface area contributed by atoms with Gasteiger partial charge in [-0.2, -0.15) is 5.10 Å². The van der Waals surface area contributed by atoms with Crippen LogP contribution in [-0.2, 0) is 22.1 Å². The van der Waals surface area contributed by atoms with E-state index in [4.69, 9.17) is 4.74 Å². The van der Waals surface area contributed by atoms with Gasteiger partial charge in [0, 0.05) is 20.0 Å². The summed E-state index contributed by atoms with van der Waals surface area (Å²) in [6.45, 7) is 5.75. The summed E-state index contributed by atoms with van der Waals surface area (Å²) < 4.78 is 6.97. The van der Waals surface area contributed by atoms with Gasteiger partial charge in [0.25, 0.3) is 0 Å². The Morgan fingerprint density at radius 1 is 0.825 bits per heavy atom. The SMILES string of the molecule is Cn1ncc(NC(=O)CCCNC(=O)OC(C)(C)C)c1NC(c1ccccc1)(c1ccccc1)c1ccccc1. The van der Waals surface area contributed by atoms with E-state index < -0.39 is 17.2 Å². The van der Waals surface area contributed by atoms with Crippen LogP contribution in [0.3, 0.4) is 0 Å². The molecule has 3 aromatic carbocycles. The fraction of sp³-hybridized carbons (Fsp3) is 0.281. The normalized spacial score (nSPS) is 11.5. The third-order valence-corrected chi connectivity index (χ3v) is 6.39. The second kappa shape index (κ2) is 12.5. The largest absolute Gasteiger partial charge is 0.444 e. The molecule has 0 unspecified atom stereocenters. The van der Waals surface area contributed by atoms with Gasteiger partial charge in [-0.1, -0.05) is 91.0 Å². The molecule has 8 nitrogen and oxygen atoms in total. The lowest BCUT2D eigenvalue weighted by Crippen LogP contribution is -2.39. The molecule has 0 spiro atoms. The summed E-state index contributed by atoms with van der Waals surface area (Å²) in [6.07, 6.45) is 1.84. The average Bonchev–Trinajstić information content (AvgIpc) is 3.28. The highest BCUT2D eigenvalue weighted by Gasteiger charge is 2.37. The first-order valence-electron chi connectivity index (χ1n) is 13.4. The van der Waals surface area contributed by atoms with Crippen LogP contribution >= 0.6 is 0 Å². The molecule has 1 aromatic heterocycles. The molecule has 0 bridgehead atoms. The first-order chi connectivity index (χ1) is 19.2. The summed E-state index contributed by atoms with van der Waals surface area (Å²) in [5.41, 5.74) is 2.35. The lowest BCUT2D eigenvalue weighted by Gasteiger charge is -2.38. The van der Waals surface area contributed by atoms with Crippen LogP contribution in [-0.4, -0.2) is 33.9 Å². The molecule has 0 aliphatic heterocycles. The van der Waals surface area contributed by atoms with E-state index in [0.717, 1.165) is 16.7 Å². The van der Waals surface area contributed by atoms with Crippen molar-refractivity contribution in [1.82, 2.24) is 15.1 Å². The topological polar surface area (TPSA) is 97.3 Å². The molecule has 1 heterocycles. The number of hydrogen-bond acceptors (Lipinski definition) is 5. The van der Waals surface area contributed by atoms with E-state index in [1.165, 1.54) is 0 Å². The van der Waals surface area contributed by atoms with Crippen LogP contribution < -0.4 is 16.0 Å². The van der Waals surface area contributed by atoms with E-state index in [1.807, 2.05) is 82.4 Å². The maximum atomic E-state index is 12.9. The van der Waals surface area contributed by atoms with E-state index in [0.29, 0.717) is 24.5 Å². The number of aryl methyl sites for hydroxylation is 1. The summed E-state index contributed by atoms with van der Waals surface area (Å²) >= 11 is 0. The van der Waals surface area contributed by atoms with Crippen LogP contribution in [0.2, 0.25) is 0 Å². The number of aromatic nitrogens is 2. The molecule has 8 heteroatoms. The number of rotatable bonds is 10. The number of carbonyl (C=O) groups excluding carboxylic acids is 2. The molecule has 0 fully saturated rings. The Balaban J connectivity index is 1.59. The lowest BCUT2D eigenvalue weighted by molar-refractivity contribution is -0.116. The fourth-order valence-electron chi connectivity index (χ4n) is 4.60. The number of alkyl carbamates (subject to hydrolysis) is 1. The number of carbonyl (C=O) groups is 2. The van der Waals surface area contributed by atoms with Crippen LogP contribution in [0.5, 0.6) is 0 Å². The third kappa shape index (κ3) is 6.88. The van der Waals surface area contributed by atoms with Crippen molar-refractivity contribution in [2.45, 2.75) is 44.8 Å². The molecule has 4 rings (SSSR count). The second-order valence-electron chi connectivity index (χ2n) is 10.6. The molecule has 3 N–H and O–H groups in total. The van der Waals surface area contributed by atoms with Crippen LogP contribution in [0.1, 0.15) is 50.3 Å². The van der Waals surface area contributed by atoms with Crippen molar-refractivity contribution in [3.05, 3.63) is 114 Å². The first kappa shape index (κ1) is 28.4. The smallest absolute Gasteiger partial charge is 0.407 e. The molecule has 40 heavy (non-hydrogen) atoms. The summed E-state index contributed by atoms with van der Waals surface area (Å²) in [7, 11) is 1.84. The minimum absolute atomic E-state index is 0.174. The lowest BCUT2D eigenvalue weighted by atomic mass is 9.77. The average molecular weight is 540 g/mol. The first-order valence-corrected chi connectivity index (χ1v) is 13.4. The molecule has 0 radical (unpaired) electrons. The number of nitrogens with one attached hydrogen (secondary N) is 3. The number of anilines is 2. The molecule has 0 aliphatic rings. The maximum absolute atomic E-state index is 12.9. The quantitative estimate of drug-likeness (QED) is 0.168. The summed E-state index contributed by atoms with van der Waals surface area (Å²) in [5.74, 6) is 0.489. The van der Waals surface area contributed by atoms with Crippen molar-refractivity contribution < 1.29 is 14.3 Å². The van der Waals surface area contributed by atoms with Gasteiger partial charge in [0.2, 0.25) is 5.91 Å². The summed E-state index contributed by atoms with van der Waals surface area (Å²) in [6, 6.07) is 30.7. The van der Waals surface area contributed by atoms with Gasteiger partial charge in [0.05, 0.1) is 6.20 Å². The number of benzene rings is 3. The van der Waals surface area contributed by atoms with E-state index >= 15 is 0 Å². The Hall–Kier alpha value is -4.59. The highest BCUT2D eigenvalue weighted by molar-refractivity contribution is 5.93. The molecular formula is C32H37N5O3.